The molecule has 0 fully saturated rings. The summed E-state index contributed by atoms with van der Waals surface area (Å²) in [5, 5.41) is 11.2. The van der Waals surface area contributed by atoms with Gasteiger partial charge in [0.15, 0.2) is 5.78 Å². The zero-order valence-corrected chi connectivity index (χ0v) is 30.7. The van der Waals surface area contributed by atoms with Crippen LogP contribution in [0.4, 0.5) is 0 Å². The molecule has 16 heteroatoms. The zero-order valence-electron chi connectivity index (χ0n) is 30.7. The van der Waals surface area contributed by atoms with Gasteiger partial charge >= 0.3 is 11.9 Å². The minimum Gasteiger partial charge on any atom is -0.481 e. The fourth-order valence-electron chi connectivity index (χ4n) is 3.71. The molecular weight excluding hydrogens is 662 g/mol. The van der Waals surface area contributed by atoms with Gasteiger partial charge in [0.05, 0.1) is 132 Å². The van der Waals surface area contributed by atoms with E-state index in [1.54, 1.807) is 13.8 Å². The van der Waals surface area contributed by atoms with E-state index in [1.165, 1.54) is 0 Å². The van der Waals surface area contributed by atoms with Gasteiger partial charge in [0.2, 0.25) is 5.91 Å². The number of rotatable bonds is 38. The van der Waals surface area contributed by atoms with Gasteiger partial charge in [0, 0.05) is 12.3 Å². The van der Waals surface area contributed by atoms with Crippen LogP contribution < -0.4 is 5.32 Å². The first kappa shape index (κ1) is 47.7. The van der Waals surface area contributed by atoms with E-state index in [9.17, 15) is 19.2 Å². The van der Waals surface area contributed by atoms with E-state index in [0.717, 1.165) is 0 Å². The molecule has 0 aromatic carbocycles. The Morgan fingerprint density at radius 1 is 0.500 bits per heavy atom. The quantitative estimate of drug-likeness (QED) is 0.0690. The zero-order chi connectivity index (χ0) is 37.1. The molecule has 0 aliphatic heterocycles. The Kier molecular flexibility index (Phi) is 33.5. The van der Waals surface area contributed by atoms with Crippen molar-refractivity contribution in [2.75, 3.05) is 126 Å². The number of carbonyl (C=O) groups excluding carboxylic acids is 3. The molecule has 0 radical (unpaired) electrons. The molecule has 0 aromatic heterocycles. The molecule has 0 rings (SSSR count). The van der Waals surface area contributed by atoms with Crippen LogP contribution in [0, 0.1) is 11.8 Å². The maximum absolute atomic E-state index is 12.4. The van der Waals surface area contributed by atoms with Gasteiger partial charge in [-0.3, -0.25) is 19.2 Å². The molecule has 50 heavy (non-hydrogen) atoms. The molecule has 0 saturated carbocycles. The highest BCUT2D eigenvalue weighted by molar-refractivity contribution is 5.90. The van der Waals surface area contributed by atoms with E-state index in [1.807, 2.05) is 13.8 Å². The average molecular weight is 726 g/mol. The Balaban J connectivity index is 3.45. The monoisotopic (exact) mass is 725 g/mol. The number of ketones is 1. The molecule has 0 heterocycles. The average Bonchev–Trinajstić information content (AvgIpc) is 3.07. The number of ether oxygens (including phenoxy) is 10. The highest BCUT2D eigenvalue weighted by Gasteiger charge is 2.24. The molecule has 1 amide bonds. The second-order valence-electron chi connectivity index (χ2n) is 11.7. The fourth-order valence-corrected chi connectivity index (χ4v) is 3.71. The van der Waals surface area contributed by atoms with Crippen molar-refractivity contribution in [3.05, 3.63) is 0 Å². The number of carboxylic acids is 1. The maximum atomic E-state index is 12.4. The number of esters is 1. The first-order valence-corrected chi connectivity index (χ1v) is 17.5. The topological polar surface area (TPSA) is 193 Å². The minimum atomic E-state index is -0.884. The summed E-state index contributed by atoms with van der Waals surface area (Å²) in [5.41, 5.74) is 0. The van der Waals surface area contributed by atoms with E-state index in [0.29, 0.717) is 124 Å². The molecule has 0 aliphatic rings. The Labute approximate surface area is 297 Å². The summed E-state index contributed by atoms with van der Waals surface area (Å²) in [5.74, 6) is -1.73. The summed E-state index contributed by atoms with van der Waals surface area (Å²) >= 11 is 0. The summed E-state index contributed by atoms with van der Waals surface area (Å²) < 4.78 is 53.6. The van der Waals surface area contributed by atoms with Crippen LogP contribution in [0.25, 0.3) is 0 Å². The van der Waals surface area contributed by atoms with Crippen molar-refractivity contribution in [3.63, 3.8) is 0 Å². The van der Waals surface area contributed by atoms with E-state index in [-0.39, 0.29) is 50.3 Å². The predicted octanol–water partition coefficient (Wildman–Crippen LogP) is 1.69. The van der Waals surface area contributed by atoms with E-state index >= 15 is 0 Å². The largest absolute Gasteiger partial charge is 0.481 e. The second kappa shape index (κ2) is 35.1. The van der Waals surface area contributed by atoms with Gasteiger partial charge in [-0.1, -0.05) is 27.7 Å². The van der Waals surface area contributed by atoms with Crippen molar-refractivity contribution in [2.24, 2.45) is 11.8 Å². The first-order chi connectivity index (χ1) is 24.1. The third kappa shape index (κ3) is 34.2. The molecule has 0 aromatic rings. The van der Waals surface area contributed by atoms with Crippen LogP contribution >= 0.6 is 0 Å². The van der Waals surface area contributed by atoms with Gasteiger partial charge in [-0.2, -0.15) is 0 Å². The Bertz CT molecular complexity index is 843. The summed E-state index contributed by atoms with van der Waals surface area (Å²) in [6.07, 6.45) is 1.04. The van der Waals surface area contributed by atoms with Gasteiger partial charge in [0.25, 0.3) is 0 Å². The molecule has 2 N–H and O–H groups in total. The van der Waals surface area contributed by atoms with Crippen molar-refractivity contribution in [3.8, 4) is 0 Å². The van der Waals surface area contributed by atoms with Crippen molar-refractivity contribution in [1.82, 2.24) is 5.32 Å². The second-order valence-corrected chi connectivity index (χ2v) is 11.7. The summed E-state index contributed by atoms with van der Waals surface area (Å²) in [4.78, 5) is 47.0. The number of carbonyl (C=O) groups is 4. The molecule has 0 saturated heterocycles. The van der Waals surface area contributed by atoms with Crippen LogP contribution in [-0.4, -0.2) is 160 Å². The minimum absolute atomic E-state index is 0.0138. The summed E-state index contributed by atoms with van der Waals surface area (Å²) in [7, 11) is 0. The van der Waals surface area contributed by atoms with Crippen LogP contribution in [-0.2, 0) is 66.5 Å². The van der Waals surface area contributed by atoms with Crippen LogP contribution in [0.2, 0.25) is 0 Å². The van der Waals surface area contributed by atoms with Gasteiger partial charge in [-0.05, 0) is 12.3 Å². The highest BCUT2D eigenvalue weighted by Crippen LogP contribution is 2.06. The Morgan fingerprint density at radius 3 is 1.16 bits per heavy atom. The number of Topliss-reactive ketones (excluding diaryl/α,β-unsaturated/α-hetero) is 1. The van der Waals surface area contributed by atoms with E-state index in [4.69, 9.17) is 52.5 Å². The standard InChI is InChI=1S/C34H63NO15/c1-28(2)5-6-31(36)35-30(34(40)29(3)4)27-50-33(39)8-10-42-12-14-44-16-18-46-20-22-48-24-26-49-25-23-47-21-19-45-17-15-43-13-11-41-9-7-32(37)38/h28-30H,5-27H2,1-4H3,(H,35,36)(H,37,38)/t30-/m1/s1. The smallest absolute Gasteiger partial charge is 0.308 e. The van der Waals surface area contributed by atoms with Gasteiger partial charge < -0.3 is 57.8 Å². The Morgan fingerprint density at radius 2 is 0.840 bits per heavy atom. The van der Waals surface area contributed by atoms with Crippen LogP contribution in [0.5, 0.6) is 0 Å². The van der Waals surface area contributed by atoms with Crippen molar-refractivity contribution in [2.45, 2.75) is 59.4 Å². The molecule has 0 bridgehead atoms. The predicted molar refractivity (Wildman–Crippen MR) is 181 cm³/mol. The lowest BCUT2D eigenvalue weighted by Gasteiger charge is -2.20. The van der Waals surface area contributed by atoms with Gasteiger partial charge in [-0.15, -0.1) is 0 Å². The SMILES string of the molecule is CC(C)CCC(=O)N[C@H](COC(=O)CCOCCOCCOCCOCCOCCOCCOCCOCCOCCC(=O)O)C(=O)C(C)C. The lowest BCUT2D eigenvalue weighted by atomic mass is 10.0. The molecule has 294 valence electrons. The molecule has 0 aliphatic carbocycles. The molecule has 16 nitrogen and oxygen atoms in total. The molecule has 0 spiro atoms. The lowest BCUT2D eigenvalue weighted by molar-refractivity contribution is -0.147. The molecular formula is C34H63NO15. The van der Waals surface area contributed by atoms with Gasteiger partial charge in [0.1, 0.15) is 12.6 Å². The van der Waals surface area contributed by atoms with Crippen LogP contribution in [0.3, 0.4) is 0 Å². The van der Waals surface area contributed by atoms with Crippen molar-refractivity contribution < 1.29 is 71.7 Å². The first-order valence-electron chi connectivity index (χ1n) is 17.5. The third-order valence-electron chi connectivity index (χ3n) is 6.49. The fraction of sp³-hybridized carbons (Fsp3) is 0.882. The molecule has 0 unspecified atom stereocenters. The number of amides is 1. The summed E-state index contributed by atoms with van der Waals surface area (Å²) in [6.45, 7) is 14.3. The van der Waals surface area contributed by atoms with Gasteiger partial charge in [-0.25, -0.2) is 0 Å². The number of hydrogen-bond acceptors (Lipinski definition) is 14. The number of carboxylic acid groups (broad SMARTS) is 1. The number of hydrogen-bond donors (Lipinski definition) is 2. The lowest BCUT2D eigenvalue weighted by Crippen LogP contribution is -2.46. The van der Waals surface area contributed by atoms with Crippen molar-refractivity contribution >= 4 is 23.6 Å². The molecule has 1 atom stereocenters. The maximum Gasteiger partial charge on any atom is 0.308 e. The number of aliphatic carboxylic acids is 1. The van der Waals surface area contributed by atoms with Crippen molar-refractivity contribution in [1.29, 1.82) is 0 Å². The number of nitrogens with one attached hydrogen (secondary N) is 1. The summed E-state index contributed by atoms with van der Waals surface area (Å²) in [6, 6.07) is -0.859. The van der Waals surface area contributed by atoms with Crippen LogP contribution in [0.1, 0.15) is 53.4 Å². The highest BCUT2D eigenvalue weighted by atomic mass is 16.6. The van der Waals surface area contributed by atoms with Crippen LogP contribution in [0.15, 0.2) is 0 Å². The normalized spacial score (nSPS) is 12.0. The van der Waals surface area contributed by atoms with E-state index in [2.05, 4.69) is 5.32 Å². The Hall–Kier alpha value is -2.28. The third-order valence-corrected chi connectivity index (χ3v) is 6.49. The van der Waals surface area contributed by atoms with E-state index < -0.39 is 18.0 Å².